The van der Waals surface area contributed by atoms with Crippen LogP contribution < -0.4 is 10.5 Å². The highest BCUT2D eigenvalue weighted by Gasteiger charge is 2.31. The fourth-order valence-electron chi connectivity index (χ4n) is 2.37. The van der Waals surface area contributed by atoms with Crippen LogP contribution in [0.2, 0.25) is 0 Å². The van der Waals surface area contributed by atoms with Crippen LogP contribution >= 0.6 is 0 Å². The van der Waals surface area contributed by atoms with Crippen LogP contribution in [0, 0.1) is 0 Å². The molecular weight excluding hydrogens is 210 g/mol. The summed E-state index contributed by atoms with van der Waals surface area (Å²) >= 11 is 0. The molecule has 0 aromatic heterocycles. The van der Waals surface area contributed by atoms with Crippen molar-refractivity contribution >= 4 is 0 Å². The molecule has 1 heterocycles. The second-order valence-electron chi connectivity index (χ2n) is 5.60. The summed E-state index contributed by atoms with van der Waals surface area (Å²) in [5.41, 5.74) is 8.47. The molecule has 0 radical (unpaired) electrons. The van der Waals surface area contributed by atoms with E-state index in [2.05, 4.69) is 32.0 Å². The lowest BCUT2D eigenvalue weighted by molar-refractivity contribution is 0.291. The van der Waals surface area contributed by atoms with Gasteiger partial charge in [-0.25, -0.2) is 0 Å². The molecule has 0 saturated carbocycles. The summed E-state index contributed by atoms with van der Waals surface area (Å²) in [6.07, 6.45) is 4.76. The van der Waals surface area contributed by atoms with Crippen LogP contribution in [0.5, 0.6) is 5.75 Å². The highest BCUT2D eigenvalue weighted by Crippen LogP contribution is 2.38. The number of aryl methyl sites for hydroxylation is 1. The minimum atomic E-state index is 0.169. The van der Waals surface area contributed by atoms with Crippen molar-refractivity contribution in [2.45, 2.75) is 44.9 Å². The van der Waals surface area contributed by atoms with Gasteiger partial charge in [-0.05, 0) is 37.4 Å². The van der Waals surface area contributed by atoms with Crippen molar-refractivity contribution in [1.82, 2.24) is 0 Å². The zero-order valence-corrected chi connectivity index (χ0v) is 11.0. The molecule has 0 spiro atoms. The normalized spacial score (nSPS) is 16.6. The van der Waals surface area contributed by atoms with E-state index in [-0.39, 0.29) is 5.41 Å². The fourth-order valence-corrected chi connectivity index (χ4v) is 2.37. The van der Waals surface area contributed by atoms with E-state index in [4.69, 9.17) is 10.5 Å². The highest BCUT2D eigenvalue weighted by atomic mass is 16.5. The minimum absolute atomic E-state index is 0.169. The van der Waals surface area contributed by atoms with Gasteiger partial charge in [0.15, 0.2) is 0 Å². The Morgan fingerprint density at radius 2 is 2.06 bits per heavy atom. The Morgan fingerprint density at radius 1 is 1.24 bits per heavy atom. The average molecular weight is 233 g/mol. The highest BCUT2D eigenvalue weighted by molar-refractivity contribution is 5.45. The second kappa shape index (κ2) is 5.09. The number of benzene rings is 1. The lowest BCUT2D eigenvalue weighted by atomic mass is 9.86. The van der Waals surface area contributed by atoms with E-state index in [1.165, 1.54) is 24.0 Å². The number of fused-ring (bicyclic) bond motifs is 1. The molecule has 2 heteroatoms. The van der Waals surface area contributed by atoms with Gasteiger partial charge in [0.05, 0.1) is 6.61 Å². The van der Waals surface area contributed by atoms with Gasteiger partial charge in [-0.15, -0.1) is 0 Å². The van der Waals surface area contributed by atoms with E-state index < -0.39 is 0 Å². The van der Waals surface area contributed by atoms with Gasteiger partial charge in [0.25, 0.3) is 0 Å². The van der Waals surface area contributed by atoms with E-state index in [0.29, 0.717) is 0 Å². The van der Waals surface area contributed by atoms with Crippen LogP contribution in [0.25, 0.3) is 0 Å². The summed E-state index contributed by atoms with van der Waals surface area (Å²) in [5.74, 6) is 1.07. The number of hydrogen-bond donors (Lipinski definition) is 1. The molecule has 0 saturated heterocycles. The molecule has 0 amide bonds. The molecule has 0 aliphatic carbocycles. The Morgan fingerprint density at radius 3 is 2.82 bits per heavy atom. The van der Waals surface area contributed by atoms with E-state index >= 15 is 0 Å². The number of nitrogens with two attached hydrogens (primary N) is 1. The molecule has 0 bridgehead atoms. The lowest BCUT2D eigenvalue weighted by Crippen LogP contribution is -2.18. The van der Waals surface area contributed by atoms with Gasteiger partial charge in [0, 0.05) is 11.0 Å². The maximum atomic E-state index is 5.70. The molecular formula is C15H23NO. The first kappa shape index (κ1) is 12.4. The summed E-state index contributed by atoms with van der Waals surface area (Å²) in [5, 5.41) is 0. The Labute approximate surface area is 104 Å². The summed E-state index contributed by atoms with van der Waals surface area (Å²) < 4.78 is 5.70. The molecule has 1 aromatic rings. The Balaban J connectivity index is 2.01. The first-order valence-corrected chi connectivity index (χ1v) is 6.60. The van der Waals surface area contributed by atoms with Crippen LogP contribution in [-0.4, -0.2) is 13.2 Å². The first-order valence-electron chi connectivity index (χ1n) is 6.60. The van der Waals surface area contributed by atoms with E-state index in [1.54, 1.807) is 0 Å². The lowest BCUT2D eigenvalue weighted by Gasteiger charge is -2.15. The maximum absolute atomic E-state index is 5.70. The van der Waals surface area contributed by atoms with Crippen molar-refractivity contribution in [3.63, 3.8) is 0 Å². The zero-order chi connectivity index (χ0) is 12.3. The molecule has 94 valence electrons. The van der Waals surface area contributed by atoms with Gasteiger partial charge < -0.3 is 10.5 Å². The third-order valence-electron chi connectivity index (χ3n) is 3.53. The van der Waals surface area contributed by atoms with Gasteiger partial charge in [-0.2, -0.15) is 0 Å². The predicted octanol–water partition coefficient (Wildman–Crippen LogP) is 3.03. The van der Waals surface area contributed by atoms with Gasteiger partial charge >= 0.3 is 0 Å². The summed E-state index contributed by atoms with van der Waals surface area (Å²) in [6.45, 7) is 6.11. The molecule has 2 nitrogen and oxygen atoms in total. The summed E-state index contributed by atoms with van der Waals surface area (Å²) in [6, 6.07) is 6.65. The quantitative estimate of drug-likeness (QED) is 0.793. The Kier molecular flexibility index (Phi) is 3.72. The largest absolute Gasteiger partial charge is 0.492 e. The first-order chi connectivity index (χ1) is 8.13. The van der Waals surface area contributed by atoms with Gasteiger partial charge in [-0.1, -0.05) is 32.4 Å². The van der Waals surface area contributed by atoms with Crippen molar-refractivity contribution in [3.05, 3.63) is 29.3 Å². The van der Waals surface area contributed by atoms with Crippen LogP contribution in [0.15, 0.2) is 18.2 Å². The van der Waals surface area contributed by atoms with Crippen LogP contribution in [0.1, 0.15) is 44.2 Å². The van der Waals surface area contributed by atoms with E-state index in [9.17, 15) is 0 Å². The molecule has 0 fully saturated rings. The van der Waals surface area contributed by atoms with Crippen LogP contribution in [0.3, 0.4) is 0 Å². The molecule has 1 aliphatic heterocycles. The molecule has 17 heavy (non-hydrogen) atoms. The molecule has 0 atom stereocenters. The Bertz CT molecular complexity index is 385. The monoisotopic (exact) mass is 233 g/mol. The van der Waals surface area contributed by atoms with Gasteiger partial charge in [0.1, 0.15) is 5.75 Å². The molecule has 2 N–H and O–H groups in total. The Hall–Kier alpha value is -1.02. The van der Waals surface area contributed by atoms with Crippen molar-refractivity contribution in [3.8, 4) is 5.75 Å². The number of rotatable bonds is 5. The average Bonchev–Trinajstić information content (AvgIpc) is 2.61. The van der Waals surface area contributed by atoms with Crippen molar-refractivity contribution < 1.29 is 4.74 Å². The molecule has 0 unspecified atom stereocenters. The predicted molar refractivity (Wildman–Crippen MR) is 71.6 cm³/mol. The third kappa shape index (κ3) is 2.81. The molecule has 1 aliphatic rings. The number of unbranched alkanes of at least 4 members (excludes halogenated alkanes) is 2. The van der Waals surface area contributed by atoms with Crippen LogP contribution in [0.4, 0.5) is 0 Å². The summed E-state index contributed by atoms with van der Waals surface area (Å²) in [4.78, 5) is 0. The topological polar surface area (TPSA) is 35.2 Å². The number of ether oxygens (including phenoxy) is 1. The van der Waals surface area contributed by atoms with Crippen molar-refractivity contribution in [2.75, 3.05) is 13.2 Å². The number of hydrogen-bond acceptors (Lipinski definition) is 2. The van der Waals surface area contributed by atoms with Gasteiger partial charge in [0.2, 0.25) is 0 Å². The smallest absolute Gasteiger partial charge is 0.123 e. The SMILES string of the molecule is CC1(C)COc2ccc(CCCCCN)cc21. The maximum Gasteiger partial charge on any atom is 0.123 e. The minimum Gasteiger partial charge on any atom is -0.492 e. The van der Waals surface area contributed by atoms with E-state index in [1.807, 2.05) is 0 Å². The van der Waals surface area contributed by atoms with Gasteiger partial charge in [-0.3, -0.25) is 0 Å². The van der Waals surface area contributed by atoms with E-state index in [0.717, 1.165) is 31.7 Å². The van der Waals surface area contributed by atoms with Crippen LogP contribution in [-0.2, 0) is 11.8 Å². The second-order valence-corrected chi connectivity index (χ2v) is 5.60. The van der Waals surface area contributed by atoms with Crippen molar-refractivity contribution in [1.29, 1.82) is 0 Å². The molecule has 2 rings (SSSR count). The standard InChI is InChI=1S/C15H23NO/c1-15(2)11-17-14-8-7-12(10-13(14)15)6-4-3-5-9-16/h7-8,10H,3-6,9,11,16H2,1-2H3. The summed E-state index contributed by atoms with van der Waals surface area (Å²) in [7, 11) is 0. The molecule has 1 aromatic carbocycles. The third-order valence-corrected chi connectivity index (χ3v) is 3.53. The van der Waals surface area contributed by atoms with Crippen molar-refractivity contribution in [2.24, 2.45) is 5.73 Å². The fraction of sp³-hybridized carbons (Fsp3) is 0.600. The zero-order valence-electron chi connectivity index (χ0n) is 11.0.